The van der Waals surface area contributed by atoms with Gasteiger partial charge < -0.3 is 10.8 Å². The Bertz CT molecular complexity index is 226. The first-order chi connectivity index (χ1) is 6.65. The molecule has 0 spiro atoms. The molecule has 5 heteroatoms. The maximum atomic E-state index is 11.6. The number of carboxylic acid groups (broad SMARTS) is 1. The fraction of sp³-hybridized carbons (Fsp3) is 0.889. The molecule has 0 aromatic carbocycles. The number of rotatable bonds is 5. The molecule has 1 saturated carbocycles. The van der Waals surface area contributed by atoms with Gasteiger partial charge in [-0.1, -0.05) is 12.8 Å². The summed E-state index contributed by atoms with van der Waals surface area (Å²) in [7, 11) is -1.30. The third kappa shape index (κ3) is 3.06. The van der Waals surface area contributed by atoms with E-state index in [2.05, 4.69) is 0 Å². The van der Waals surface area contributed by atoms with Crippen LogP contribution in [0.3, 0.4) is 0 Å². The van der Waals surface area contributed by atoms with Crippen molar-refractivity contribution in [3.63, 3.8) is 0 Å². The van der Waals surface area contributed by atoms with Crippen LogP contribution in [0.2, 0.25) is 0 Å². The average molecular weight is 219 g/mol. The minimum absolute atomic E-state index is 0.0331. The Hall–Kier alpha value is -0.420. The van der Waals surface area contributed by atoms with E-state index in [-0.39, 0.29) is 6.54 Å². The SMILES string of the molecule is NCC(C(=O)O)S(=O)CC1CCCC1. The number of carbonyl (C=O) groups is 1. The van der Waals surface area contributed by atoms with Crippen molar-refractivity contribution in [2.45, 2.75) is 30.9 Å². The molecule has 0 amide bonds. The van der Waals surface area contributed by atoms with Crippen LogP contribution in [0.1, 0.15) is 25.7 Å². The zero-order chi connectivity index (χ0) is 10.6. The fourth-order valence-corrected chi connectivity index (χ4v) is 3.32. The van der Waals surface area contributed by atoms with Gasteiger partial charge in [-0.05, 0) is 18.8 Å². The second-order valence-electron chi connectivity index (χ2n) is 3.76. The van der Waals surface area contributed by atoms with E-state index in [1.165, 1.54) is 12.8 Å². The molecule has 1 rings (SSSR count). The Morgan fingerprint density at radius 1 is 1.50 bits per heavy atom. The lowest BCUT2D eigenvalue weighted by Crippen LogP contribution is -2.35. The van der Waals surface area contributed by atoms with Crippen LogP contribution < -0.4 is 5.73 Å². The van der Waals surface area contributed by atoms with Crippen molar-refractivity contribution in [1.82, 2.24) is 0 Å². The van der Waals surface area contributed by atoms with E-state index < -0.39 is 22.0 Å². The standard InChI is InChI=1S/C9H17NO3S/c10-5-8(9(11)12)14(13)6-7-3-1-2-4-7/h7-8H,1-6,10H2,(H,11,12). The highest BCUT2D eigenvalue weighted by Gasteiger charge is 2.26. The van der Waals surface area contributed by atoms with Gasteiger partial charge in [0, 0.05) is 23.1 Å². The van der Waals surface area contributed by atoms with Crippen molar-refractivity contribution in [2.75, 3.05) is 12.3 Å². The molecule has 3 N–H and O–H groups in total. The van der Waals surface area contributed by atoms with E-state index in [0.717, 1.165) is 12.8 Å². The molecule has 0 aromatic rings. The molecule has 1 aliphatic carbocycles. The van der Waals surface area contributed by atoms with Gasteiger partial charge in [0.15, 0.2) is 0 Å². The van der Waals surface area contributed by atoms with Crippen LogP contribution in [0.25, 0.3) is 0 Å². The number of aliphatic carboxylic acids is 1. The lowest BCUT2D eigenvalue weighted by molar-refractivity contribution is -0.136. The van der Waals surface area contributed by atoms with Crippen LogP contribution in [0.5, 0.6) is 0 Å². The highest BCUT2D eigenvalue weighted by atomic mass is 32.2. The summed E-state index contributed by atoms with van der Waals surface area (Å²) >= 11 is 0. The smallest absolute Gasteiger partial charge is 0.320 e. The maximum Gasteiger partial charge on any atom is 0.320 e. The summed E-state index contributed by atoms with van der Waals surface area (Å²) in [6.45, 7) is -0.0331. The molecule has 1 aliphatic rings. The van der Waals surface area contributed by atoms with Crippen LogP contribution >= 0.6 is 0 Å². The molecule has 2 atom stereocenters. The van der Waals surface area contributed by atoms with Gasteiger partial charge in [0.25, 0.3) is 0 Å². The van der Waals surface area contributed by atoms with Gasteiger partial charge in [-0.25, -0.2) is 0 Å². The van der Waals surface area contributed by atoms with E-state index >= 15 is 0 Å². The molecule has 14 heavy (non-hydrogen) atoms. The van der Waals surface area contributed by atoms with Crippen molar-refractivity contribution in [1.29, 1.82) is 0 Å². The van der Waals surface area contributed by atoms with E-state index in [9.17, 15) is 9.00 Å². The summed E-state index contributed by atoms with van der Waals surface area (Å²) in [6.07, 6.45) is 4.54. The molecule has 0 heterocycles. The average Bonchev–Trinajstić information content (AvgIpc) is 2.57. The third-order valence-corrected chi connectivity index (χ3v) is 4.51. The first kappa shape index (κ1) is 11.7. The van der Waals surface area contributed by atoms with Gasteiger partial charge in [0.1, 0.15) is 5.25 Å². The van der Waals surface area contributed by atoms with E-state index in [1.807, 2.05) is 0 Å². The molecule has 4 nitrogen and oxygen atoms in total. The summed E-state index contributed by atoms with van der Waals surface area (Å²) in [4.78, 5) is 10.7. The van der Waals surface area contributed by atoms with E-state index in [0.29, 0.717) is 11.7 Å². The predicted molar refractivity (Wildman–Crippen MR) is 55.4 cm³/mol. The highest BCUT2D eigenvalue weighted by Crippen LogP contribution is 2.25. The summed E-state index contributed by atoms with van der Waals surface area (Å²) in [5.41, 5.74) is 5.27. The Morgan fingerprint density at radius 2 is 2.07 bits per heavy atom. The number of carboxylic acids is 1. The van der Waals surface area contributed by atoms with Gasteiger partial charge in [-0.15, -0.1) is 0 Å². The Balaban J connectivity index is 2.42. The zero-order valence-electron chi connectivity index (χ0n) is 8.15. The summed E-state index contributed by atoms with van der Waals surface area (Å²) < 4.78 is 11.6. The molecule has 2 unspecified atom stereocenters. The summed E-state index contributed by atoms with van der Waals surface area (Å²) in [5.74, 6) is -0.0817. The predicted octanol–water partition coefficient (Wildman–Crippen LogP) is 0.337. The molecule has 82 valence electrons. The topological polar surface area (TPSA) is 80.4 Å². The summed E-state index contributed by atoms with van der Waals surface area (Å²) in [5, 5.41) is 7.87. The lowest BCUT2D eigenvalue weighted by atomic mass is 10.1. The van der Waals surface area contributed by atoms with Crippen molar-refractivity contribution in [3.05, 3.63) is 0 Å². The van der Waals surface area contributed by atoms with Crippen molar-refractivity contribution < 1.29 is 14.1 Å². The lowest BCUT2D eigenvalue weighted by Gasteiger charge is -2.13. The van der Waals surface area contributed by atoms with Crippen molar-refractivity contribution in [2.24, 2.45) is 11.7 Å². The van der Waals surface area contributed by atoms with Gasteiger partial charge in [0.05, 0.1) is 0 Å². The first-order valence-electron chi connectivity index (χ1n) is 4.95. The van der Waals surface area contributed by atoms with Gasteiger partial charge in [0.2, 0.25) is 0 Å². The van der Waals surface area contributed by atoms with Gasteiger partial charge in [-0.2, -0.15) is 0 Å². The molecule has 0 bridgehead atoms. The van der Waals surface area contributed by atoms with E-state index in [4.69, 9.17) is 10.8 Å². The largest absolute Gasteiger partial charge is 0.480 e. The zero-order valence-corrected chi connectivity index (χ0v) is 8.96. The molecule has 0 aliphatic heterocycles. The molecule has 1 fully saturated rings. The van der Waals surface area contributed by atoms with Crippen LogP contribution in [0.4, 0.5) is 0 Å². The monoisotopic (exact) mass is 219 g/mol. The second-order valence-corrected chi connectivity index (χ2v) is 5.42. The molecule has 0 saturated heterocycles. The number of hydrogen-bond donors (Lipinski definition) is 2. The van der Waals surface area contributed by atoms with Crippen molar-refractivity contribution in [3.8, 4) is 0 Å². The maximum absolute atomic E-state index is 11.6. The third-order valence-electron chi connectivity index (χ3n) is 2.68. The Kier molecular flexibility index (Phi) is 4.54. The molecular weight excluding hydrogens is 202 g/mol. The normalized spacial score (nSPS) is 22.1. The molecule has 0 aromatic heterocycles. The second kappa shape index (κ2) is 5.46. The highest BCUT2D eigenvalue weighted by molar-refractivity contribution is 7.86. The van der Waals surface area contributed by atoms with Gasteiger partial charge in [-0.3, -0.25) is 9.00 Å². The van der Waals surface area contributed by atoms with Crippen LogP contribution in [0, 0.1) is 5.92 Å². The van der Waals surface area contributed by atoms with Gasteiger partial charge >= 0.3 is 5.97 Å². The minimum Gasteiger partial charge on any atom is -0.480 e. The first-order valence-corrected chi connectivity index (χ1v) is 6.33. The number of nitrogens with two attached hydrogens (primary N) is 1. The van der Waals surface area contributed by atoms with E-state index in [1.54, 1.807) is 0 Å². The molecular formula is C9H17NO3S. The quantitative estimate of drug-likeness (QED) is 0.698. The fourth-order valence-electron chi connectivity index (χ4n) is 1.85. The Labute approximate surface area is 86.3 Å². The Morgan fingerprint density at radius 3 is 2.50 bits per heavy atom. The summed E-state index contributed by atoms with van der Waals surface area (Å²) in [6, 6.07) is 0. The van der Waals surface area contributed by atoms with Crippen molar-refractivity contribution >= 4 is 16.8 Å². The van der Waals surface area contributed by atoms with Crippen LogP contribution in [-0.4, -0.2) is 32.8 Å². The molecule has 0 radical (unpaired) electrons. The van der Waals surface area contributed by atoms with Crippen LogP contribution in [-0.2, 0) is 15.6 Å². The van der Waals surface area contributed by atoms with Crippen LogP contribution in [0.15, 0.2) is 0 Å². The number of hydrogen-bond acceptors (Lipinski definition) is 3. The minimum atomic E-state index is -1.30.